The molecule has 0 aromatic rings. The molecule has 0 saturated heterocycles. The fourth-order valence-electron chi connectivity index (χ4n) is 3.54. The first-order chi connectivity index (χ1) is 9.48. The van der Waals surface area contributed by atoms with Crippen molar-refractivity contribution in [2.45, 2.75) is 63.1 Å². The Balaban J connectivity index is 1.67. The van der Waals surface area contributed by atoms with Crippen molar-refractivity contribution >= 4 is 5.97 Å². The molecule has 2 saturated carbocycles. The molecule has 2 rings (SSSR count). The van der Waals surface area contributed by atoms with Crippen molar-refractivity contribution in [2.24, 2.45) is 11.8 Å². The first kappa shape index (κ1) is 15.7. The van der Waals surface area contributed by atoms with E-state index in [2.05, 4.69) is 5.32 Å². The van der Waals surface area contributed by atoms with Crippen molar-refractivity contribution in [3.05, 3.63) is 0 Å². The zero-order valence-electron chi connectivity index (χ0n) is 12.1. The topological polar surface area (TPSA) is 89.8 Å². The Kier molecular flexibility index (Phi) is 5.41. The molecule has 0 aromatic heterocycles. The summed E-state index contributed by atoms with van der Waals surface area (Å²) in [6, 6.07) is 0. The van der Waals surface area contributed by atoms with Gasteiger partial charge in [0.25, 0.3) is 0 Å². The van der Waals surface area contributed by atoms with E-state index in [0.29, 0.717) is 38.1 Å². The van der Waals surface area contributed by atoms with Crippen molar-refractivity contribution in [1.29, 1.82) is 0 Å². The van der Waals surface area contributed by atoms with Crippen molar-refractivity contribution in [1.82, 2.24) is 5.32 Å². The van der Waals surface area contributed by atoms with E-state index >= 15 is 0 Å². The fourth-order valence-corrected chi connectivity index (χ4v) is 3.54. The molecule has 0 bridgehead atoms. The number of aliphatic carboxylic acids is 1. The Morgan fingerprint density at radius 2 is 1.90 bits per heavy atom. The minimum absolute atomic E-state index is 0.162. The number of carbonyl (C=O) groups is 1. The summed E-state index contributed by atoms with van der Waals surface area (Å²) in [5, 5.41) is 32.4. The van der Waals surface area contributed by atoms with Crippen LogP contribution in [0.15, 0.2) is 0 Å². The van der Waals surface area contributed by atoms with Gasteiger partial charge in [-0.05, 0) is 57.4 Å². The highest BCUT2D eigenvalue weighted by atomic mass is 16.4. The van der Waals surface area contributed by atoms with E-state index in [4.69, 9.17) is 5.11 Å². The number of hydrogen-bond donors (Lipinski definition) is 4. The molecule has 0 spiro atoms. The minimum Gasteiger partial charge on any atom is -0.481 e. The third-order valence-corrected chi connectivity index (χ3v) is 4.91. The molecular weight excluding hydrogens is 258 g/mol. The molecule has 116 valence electrons. The van der Waals surface area contributed by atoms with Crippen LogP contribution in [0.5, 0.6) is 0 Å². The summed E-state index contributed by atoms with van der Waals surface area (Å²) in [6.07, 6.45) is 6.08. The van der Waals surface area contributed by atoms with Crippen LogP contribution in [0.2, 0.25) is 0 Å². The van der Waals surface area contributed by atoms with Gasteiger partial charge in [-0.2, -0.15) is 0 Å². The fraction of sp³-hybridized carbons (Fsp3) is 0.933. The Morgan fingerprint density at radius 3 is 2.50 bits per heavy atom. The summed E-state index contributed by atoms with van der Waals surface area (Å²) in [5.41, 5.74) is -0.751. The monoisotopic (exact) mass is 285 g/mol. The zero-order chi connectivity index (χ0) is 14.6. The van der Waals surface area contributed by atoms with Gasteiger partial charge in [0.05, 0.1) is 17.6 Å². The average molecular weight is 285 g/mol. The molecule has 2 aliphatic carbocycles. The number of carboxylic acid groups (broad SMARTS) is 1. The van der Waals surface area contributed by atoms with Gasteiger partial charge in [0, 0.05) is 6.54 Å². The lowest BCUT2D eigenvalue weighted by Gasteiger charge is -2.35. The predicted octanol–water partition coefficient (Wildman–Crippen LogP) is 1.13. The van der Waals surface area contributed by atoms with Gasteiger partial charge in [0.1, 0.15) is 0 Å². The summed E-state index contributed by atoms with van der Waals surface area (Å²) in [7, 11) is 0. The highest BCUT2D eigenvalue weighted by Gasteiger charge is 2.35. The molecule has 2 fully saturated rings. The van der Waals surface area contributed by atoms with E-state index in [1.165, 1.54) is 0 Å². The van der Waals surface area contributed by atoms with Gasteiger partial charge < -0.3 is 20.6 Å². The summed E-state index contributed by atoms with van der Waals surface area (Å²) >= 11 is 0. The summed E-state index contributed by atoms with van der Waals surface area (Å²) in [4.78, 5) is 10.9. The predicted molar refractivity (Wildman–Crippen MR) is 75.4 cm³/mol. The largest absolute Gasteiger partial charge is 0.481 e. The van der Waals surface area contributed by atoms with Gasteiger partial charge in [-0.3, -0.25) is 4.79 Å². The normalized spacial score (nSPS) is 38.6. The molecule has 0 heterocycles. The molecule has 4 N–H and O–H groups in total. The van der Waals surface area contributed by atoms with E-state index < -0.39 is 11.6 Å². The number of aliphatic hydroxyl groups excluding tert-OH is 1. The lowest BCUT2D eigenvalue weighted by atomic mass is 9.78. The third-order valence-electron chi connectivity index (χ3n) is 4.91. The quantitative estimate of drug-likeness (QED) is 0.608. The van der Waals surface area contributed by atoms with Crippen LogP contribution in [0.3, 0.4) is 0 Å². The van der Waals surface area contributed by atoms with E-state index in [9.17, 15) is 15.0 Å². The number of carboxylic acids is 1. The van der Waals surface area contributed by atoms with E-state index in [1.807, 2.05) is 0 Å². The molecule has 0 amide bonds. The molecule has 0 aliphatic heterocycles. The second kappa shape index (κ2) is 6.87. The second-order valence-electron chi connectivity index (χ2n) is 6.65. The molecule has 5 nitrogen and oxygen atoms in total. The van der Waals surface area contributed by atoms with Gasteiger partial charge >= 0.3 is 5.97 Å². The maximum Gasteiger partial charge on any atom is 0.306 e. The average Bonchev–Trinajstić information content (AvgIpc) is 2.39. The van der Waals surface area contributed by atoms with Crippen LogP contribution in [0.1, 0.15) is 51.4 Å². The summed E-state index contributed by atoms with van der Waals surface area (Å²) < 4.78 is 0. The Hall–Kier alpha value is -0.650. The Morgan fingerprint density at radius 1 is 1.20 bits per heavy atom. The standard InChI is InChI=1S/C15H27NO4/c17-13-3-1-2-11(8-13)9-16-10-15(20)6-4-12(5-7-15)14(18)19/h11-13,16-17,20H,1-10H2,(H,18,19). The smallest absolute Gasteiger partial charge is 0.306 e. The van der Waals surface area contributed by atoms with Crippen molar-refractivity contribution in [3.63, 3.8) is 0 Å². The number of rotatable bonds is 5. The van der Waals surface area contributed by atoms with Gasteiger partial charge in [-0.25, -0.2) is 0 Å². The van der Waals surface area contributed by atoms with E-state index in [1.54, 1.807) is 0 Å². The van der Waals surface area contributed by atoms with Crippen LogP contribution in [-0.4, -0.2) is 46.1 Å². The van der Waals surface area contributed by atoms with Crippen molar-refractivity contribution in [3.8, 4) is 0 Å². The van der Waals surface area contributed by atoms with Gasteiger partial charge in [0.15, 0.2) is 0 Å². The van der Waals surface area contributed by atoms with Crippen LogP contribution in [0, 0.1) is 11.8 Å². The number of nitrogens with one attached hydrogen (secondary N) is 1. The van der Waals surface area contributed by atoms with Gasteiger partial charge in [0.2, 0.25) is 0 Å². The SMILES string of the molecule is O=C(O)C1CCC(O)(CNCC2CCCC(O)C2)CC1. The van der Waals surface area contributed by atoms with Crippen LogP contribution >= 0.6 is 0 Å². The Bertz CT molecular complexity index is 326. The van der Waals surface area contributed by atoms with Crippen LogP contribution in [0.4, 0.5) is 0 Å². The van der Waals surface area contributed by atoms with E-state index in [-0.39, 0.29) is 12.0 Å². The molecule has 5 heteroatoms. The van der Waals surface area contributed by atoms with Gasteiger partial charge in [-0.1, -0.05) is 6.42 Å². The lowest BCUT2D eigenvalue weighted by Crippen LogP contribution is -2.45. The van der Waals surface area contributed by atoms with Crippen LogP contribution < -0.4 is 5.32 Å². The van der Waals surface area contributed by atoms with E-state index in [0.717, 1.165) is 32.2 Å². The molecule has 2 atom stereocenters. The molecular formula is C15H27NO4. The van der Waals surface area contributed by atoms with Crippen molar-refractivity contribution in [2.75, 3.05) is 13.1 Å². The van der Waals surface area contributed by atoms with Crippen molar-refractivity contribution < 1.29 is 20.1 Å². The molecule has 0 aromatic carbocycles. The maximum atomic E-state index is 10.9. The number of hydrogen-bond acceptors (Lipinski definition) is 4. The highest BCUT2D eigenvalue weighted by Crippen LogP contribution is 2.32. The first-order valence-electron chi connectivity index (χ1n) is 7.82. The first-order valence-corrected chi connectivity index (χ1v) is 7.82. The minimum atomic E-state index is -0.751. The molecule has 0 radical (unpaired) electrons. The summed E-state index contributed by atoms with van der Waals surface area (Å²) in [6.45, 7) is 1.37. The third kappa shape index (κ3) is 4.43. The molecule has 2 unspecified atom stereocenters. The molecule has 20 heavy (non-hydrogen) atoms. The van der Waals surface area contributed by atoms with Gasteiger partial charge in [-0.15, -0.1) is 0 Å². The second-order valence-corrected chi connectivity index (χ2v) is 6.65. The zero-order valence-corrected chi connectivity index (χ0v) is 12.1. The molecule has 2 aliphatic rings. The number of aliphatic hydroxyl groups is 2. The maximum absolute atomic E-state index is 10.9. The highest BCUT2D eigenvalue weighted by molar-refractivity contribution is 5.70. The lowest BCUT2D eigenvalue weighted by molar-refractivity contribution is -0.144. The van der Waals surface area contributed by atoms with Crippen LogP contribution in [0.25, 0.3) is 0 Å². The summed E-state index contributed by atoms with van der Waals surface area (Å²) in [5.74, 6) is -0.530. The Labute approximate surface area is 120 Å². The van der Waals surface area contributed by atoms with Crippen LogP contribution in [-0.2, 0) is 4.79 Å².